The van der Waals surface area contributed by atoms with Crippen molar-refractivity contribution in [2.45, 2.75) is 90.9 Å². The van der Waals surface area contributed by atoms with Crippen LogP contribution in [0.3, 0.4) is 0 Å². The van der Waals surface area contributed by atoms with Crippen molar-refractivity contribution in [1.29, 1.82) is 0 Å². The summed E-state index contributed by atoms with van der Waals surface area (Å²) >= 11 is 0. The van der Waals surface area contributed by atoms with Crippen molar-refractivity contribution < 1.29 is 10.2 Å². The zero-order chi connectivity index (χ0) is 16.7. The highest BCUT2D eigenvalue weighted by Crippen LogP contribution is 2.10. The first kappa shape index (κ1) is 23.7. The molecule has 0 saturated carbocycles. The van der Waals surface area contributed by atoms with Crippen molar-refractivity contribution in [3.8, 4) is 0 Å². The maximum atomic E-state index is 8.64. The smallest absolute Gasteiger partial charge is 0.0612 e. The molecule has 0 aromatic carbocycles. The molecule has 0 aliphatic heterocycles. The summed E-state index contributed by atoms with van der Waals surface area (Å²) < 4.78 is 0. The largest absolute Gasteiger partial charge is 0.396 e. The van der Waals surface area contributed by atoms with Gasteiger partial charge in [0.05, 0.1) is 6.61 Å². The van der Waals surface area contributed by atoms with Gasteiger partial charge in [-0.1, -0.05) is 82.6 Å². The van der Waals surface area contributed by atoms with Crippen LogP contribution in [0.15, 0.2) is 24.3 Å². The van der Waals surface area contributed by atoms with E-state index in [0.717, 1.165) is 6.42 Å². The fourth-order valence-corrected chi connectivity index (χ4v) is 2.10. The van der Waals surface area contributed by atoms with Gasteiger partial charge in [-0.3, -0.25) is 0 Å². The fraction of sp³-hybridized carbons (Fsp3) is 0.800. The third kappa shape index (κ3) is 27.7. The molecule has 0 unspecified atom stereocenters. The number of aliphatic hydroxyl groups is 2. The molecule has 2 heteroatoms. The molecule has 0 saturated heterocycles. The molecular formula is C20H40O2. The molecule has 0 aliphatic carbocycles. The predicted molar refractivity (Wildman–Crippen MR) is 99.2 cm³/mol. The molecule has 0 spiro atoms. The zero-order valence-electron chi connectivity index (χ0n) is 15.1. The van der Waals surface area contributed by atoms with E-state index >= 15 is 0 Å². The maximum absolute atomic E-state index is 8.64. The van der Waals surface area contributed by atoms with Crippen LogP contribution in [0.4, 0.5) is 0 Å². The maximum Gasteiger partial charge on any atom is 0.0612 e. The Kier molecular flexibility index (Phi) is 27.3. The van der Waals surface area contributed by atoms with Crippen LogP contribution in [-0.2, 0) is 0 Å². The van der Waals surface area contributed by atoms with Gasteiger partial charge in [0.2, 0.25) is 0 Å². The Morgan fingerprint density at radius 2 is 1.14 bits per heavy atom. The first-order valence-electron chi connectivity index (χ1n) is 9.31. The Hall–Kier alpha value is -0.600. The van der Waals surface area contributed by atoms with Crippen LogP contribution in [0.25, 0.3) is 0 Å². The Balaban J connectivity index is 0. The topological polar surface area (TPSA) is 40.5 Å². The van der Waals surface area contributed by atoms with Crippen LogP contribution in [0, 0.1) is 0 Å². The molecule has 0 aromatic rings. The van der Waals surface area contributed by atoms with Gasteiger partial charge in [-0.2, -0.15) is 0 Å². The minimum Gasteiger partial charge on any atom is -0.396 e. The van der Waals surface area contributed by atoms with Gasteiger partial charge in [-0.25, -0.2) is 0 Å². The van der Waals surface area contributed by atoms with Crippen LogP contribution in [0.1, 0.15) is 90.9 Å². The lowest BCUT2D eigenvalue weighted by atomic mass is 10.1. The minimum absolute atomic E-state index is 0.163. The predicted octanol–water partition coefficient (Wildman–Crippen LogP) is 5.79. The van der Waals surface area contributed by atoms with Gasteiger partial charge in [0.25, 0.3) is 0 Å². The molecule has 22 heavy (non-hydrogen) atoms. The van der Waals surface area contributed by atoms with E-state index in [1.165, 1.54) is 70.6 Å². The Morgan fingerprint density at radius 1 is 0.636 bits per heavy atom. The van der Waals surface area contributed by atoms with Crippen molar-refractivity contribution >= 4 is 0 Å². The zero-order valence-corrected chi connectivity index (χ0v) is 15.1. The molecule has 132 valence electrons. The number of unbranched alkanes of at least 4 members (excludes halogenated alkanes) is 10. The van der Waals surface area contributed by atoms with E-state index in [-0.39, 0.29) is 6.61 Å². The summed E-state index contributed by atoms with van der Waals surface area (Å²) in [6.45, 7) is 4.64. The third-order valence-corrected chi connectivity index (χ3v) is 3.51. The van der Waals surface area contributed by atoms with Crippen molar-refractivity contribution in [3.05, 3.63) is 24.3 Å². The van der Waals surface area contributed by atoms with E-state index in [0.29, 0.717) is 6.61 Å². The SMILES string of the molecule is CC=CCO.CCCC/C=C\CCCCCCCCCCO. The molecule has 0 radical (unpaired) electrons. The molecule has 0 atom stereocenters. The average Bonchev–Trinajstić information content (AvgIpc) is 2.53. The van der Waals surface area contributed by atoms with Gasteiger partial charge in [-0.05, 0) is 32.6 Å². The van der Waals surface area contributed by atoms with E-state index in [4.69, 9.17) is 10.2 Å². The second kappa shape index (κ2) is 25.4. The summed E-state index contributed by atoms with van der Waals surface area (Å²) in [4.78, 5) is 0. The molecule has 0 aliphatic rings. The minimum atomic E-state index is 0.163. The first-order chi connectivity index (χ1) is 10.8. The molecule has 0 rings (SSSR count). The Morgan fingerprint density at radius 3 is 1.55 bits per heavy atom. The van der Waals surface area contributed by atoms with Gasteiger partial charge in [0.1, 0.15) is 0 Å². The Bertz CT molecular complexity index is 222. The van der Waals surface area contributed by atoms with Crippen LogP contribution in [-0.4, -0.2) is 23.4 Å². The van der Waals surface area contributed by atoms with Gasteiger partial charge >= 0.3 is 0 Å². The number of rotatable bonds is 14. The second-order valence-corrected chi connectivity index (χ2v) is 5.71. The lowest BCUT2D eigenvalue weighted by molar-refractivity contribution is 0.282. The van der Waals surface area contributed by atoms with Gasteiger partial charge < -0.3 is 10.2 Å². The second-order valence-electron chi connectivity index (χ2n) is 5.71. The standard InChI is InChI=1S/C16H32O.C4H8O/c1-2-3-4-5-6-7-8-9-10-11-12-13-14-15-16-17;1-2-3-4-5/h5-6,17H,2-4,7-16H2,1H3;2-3,5H,4H2,1H3/b6-5-;. The van der Waals surface area contributed by atoms with Crippen molar-refractivity contribution in [2.75, 3.05) is 13.2 Å². The number of aliphatic hydroxyl groups excluding tert-OH is 2. The summed E-state index contributed by atoms with van der Waals surface area (Å²) in [5, 5.41) is 16.6. The van der Waals surface area contributed by atoms with Crippen LogP contribution in [0.5, 0.6) is 0 Å². The number of allylic oxidation sites excluding steroid dienone is 3. The first-order valence-corrected chi connectivity index (χ1v) is 9.31. The van der Waals surface area contributed by atoms with Gasteiger partial charge in [-0.15, -0.1) is 0 Å². The third-order valence-electron chi connectivity index (χ3n) is 3.51. The molecule has 0 heterocycles. The quantitative estimate of drug-likeness (QED) is 0.315. The lowest BCUT2D eigenvalue weighted by Crippen LogP contribution is -1.84. The normalized spacial score (nSPS) is 11.1. The lowest BCUT2D eigenvalue weighted by Gasteiger charge is -2.00. The van der Waals surface area contributed by atoms with Gasteiger partial charge in [0.15, 0.2) is 0 Å². The number of hydrogen-bond acceptors (Lipinski definition) is 2. The van der Waals surface area contributed by atoms with Gasteiger partial charge in [0, 0.05) is 6.61 Å². The van der Waals surface area contributed by atoms with E-state index in [1.807, 2.05) is 6.92 Å². The van der Waals surface area contributed by atoms with E-state index < -0.39 is 0 Å². The summed E-state index contributed by atoms with van der Waals surface area (Å²) in [6, 6.07) is 0. The average molecular weight is 313 g/mol. The summed E-state index contributed by atoms with van der Waals surface area (Å²) in [6.07, 6.45) is 23.7. The van der Waals surface area contributed by atoms with Crippen molar-refractivity contribution in [3.63, 3.8) is 0 Å². The summed E-state index contributed by atoms with van der Waals surface area (Å²) in [5.41, 5.74) is 0. The van der Waals surface area contributed by atoms with E-state index in [2.05, 4.69) is 19.1 Å². The summed E-state index contributed by atoms with van der Waals surface area (Å²) in [7, 11) is 0. The molecule has 0 bridgehead atoms. The monoisotopic (exact) mass is 312 g/mol. The summed E-state index contributed by atoms with van der Waals surface area (Å²) in [5.74, 6) is 0. The van der Waals surface area contributed by atoms with E-state index in [1.54, 1.807) is 12.2 Å². The molecular weight excluding hydrogens is 272 g/mol. The number of hydrogen-bond donors (Lipinski definition) is 2. The van der Waals surface area contributed by atoms with Crippen LogP contribution < -0.4 is 0 Å². The fourth-order valence-electron chi connectivity index (χ4n) is 2.10. The molecule has 2 nitrogen and oxygen atoms in total. The highest BCUT2D eigenvalue weighted by atomic mass is 16.3. The van der Waals surface area contributed by atoms with Crippen LogP contribution in [0.2, 0.25) is 0 Å². The van der Waals surface area contributed by atoms with Crippen molar-refractivity contribution in [1.82, 2.24) is 0 Å². The molecule has 0 aromatic heterocycles. The van der Waals surface area contributed by atoms with E-state index in [9.17, 15) is 0 Å². The Labute approximate surface area is 139 Å². The molecule has 0 amide bonds. The highest BCUT2D eigenvalue weighted by molar-refractivity contribution is 4.81. The molecule has 0 fully saturated rings. The van der Waals surface area contributed by atoms with Crippen LogP contribution >= 0.6 is 0 Å². The molecule has 2 N–H and O–H groups in total. The van der Waals surface area contributed by atoms with Crippen molar-refractivity contribution in [2.24, 2.45) is 0 Å². The highest BCUT2D eigenvalue weighted by Gasteiger charge is 1.91.